The van der Waals surface area contributed by atoms with Crippen molar-refractivity contribution in [1.29, 1.82) is 0 Å². The lowest BCUT2D eigenvalue weighted by molar-refractivity contribution is -0.0271. The van der Waals surface area contributed by atoms with Crippen LogP contribution >= 0.6 is 11.3 Å². The van der Waals surface area contributed by atoms with Gasteiger partial charge in [0, 0.05) is 12.6 Å². The van der Waals surface area contributed by atoms with Gasteiger partial charge in [0.2, 0.25) is 10.0 Å². The highest BCUT2D eigenvalue weighted by molar-refractivity contribution is 7.91. The third kappa shape index (κ3) is 4.38. The fourth-order valence-electron chi connectivity index (χ4n) is 2.73. The Labute approximate surface area is 130 Å². The maximum atomic E-state index is 11.3. The zero-order valence-electron chi connectivity index (χ0n) is 12.4. The topological polar surface area (TPSA) is 94.3 Å². The molecule has 8 heteroatoms. The van der Waals surface area contributed by atoms with Crippen molar-refractivity contribution in [3.05, 3.63) is 6.20 Å². The molecule has 2 unspecified atom stereocenters. The Balaban J connectivity index is 1.98. The van der Waals surface area contributed by atoms with E-state index < -0.39 is 10.0 Å². The first-order valence-electron chi connectivity index (χ1n) is 7.30. The van der Waals surface area contributed by atoms with E-state index in [4.69, 9.17) is 9.88 Å². The number of nitrogens with two attached hydrogens (primary N) is 1. The van der Waals surface area contributed by atoms with Gasteiger partial charge in [0.1, 0.15) is 0 Å². The van der Waals surface area contributed by atoms with E-state index in [9.17, 15) is 8.42 Å². The summed E-state index contributed by atoms with van der Waals surface area (Å²) in [5.41, 5.74) is 0. The summed E-state index contributed by atoms with van der Waals surface area (Å²) in [4.78, 5) is 4.09. The molecule has 1 saturated heterocycles. The Bertz CT molecular complexity index is 555. The van der Waals surface area contributed by atoms with Crippen LogP contribution in [0.5, 0.6) is 0 Å². The number of sulfonamides is 1. The predicted molar refractivity (Wildman–Crippen MR) is 83.9 cm³/mol. The molecule has 1 aliphatic rings. The van der Waals surface area contributed by atoms with Crippen LogP contribution in [0.1, 0.15) is 39.5 Å². The monoisotopic (exact) mass is 333 g/mol. The average Bonchev–Trinajstić information content (AvgIpc) is 2.89. The van der Waals surface area contributed by atoms with E-state index in [2.05, 4.69) is 24.1 Å². The van der Waals surface area contributed by atoms with Crippen molar-refractivity contribution >= 4 is 26.5 Å². The minimum atomic E-state index is -3.66. The van der Waals surface area contributed by atoms with Gasteiger partial charge in [-0.2, -0.15) is 0 Å². The molecule has 0 amide bonds. The normalized spacial score (nSPS) is 23.4. The Kier molecular flexibility index (Phi) is 5.59. The Morgan fingerprint density at radius 3 is 2.81 bits per heavy atom. The molecule has 0 saturated carbocycles. The zero-order valence-corrected chi connectivity index (χ0v) is 14.0. The maximum Gasteiger partial charge on any atom is 0.249 e. The first-order chi connectivity index (χ1) is 9.94. The molecule has 0 bridgehead atoms. The van der Waals surface area contributed by atoms with Crippen LogP contribution in [0.15, 0.2) is 10.4 Å². The quantitative estimate of drug-likeness (QED) is 0.832. The number of rotatable bonds is 6. The van der Waals surface area contributed by atoms with Crippen molar-refractivity contribution in [2.45, 2.75) is 55.9 Å². The van der Waals surface area contributed by atoms with Crippen LogP contribution in [-0.2, 0) is 14.8 Å². The van der Waals surface area contributed by atoms with Gasteiger partial charge in [-0.1, -0.05) is 38.0 Å². The SMILES string of the molecule is CCC(CC)C1CC(Nc2ncc(S(N)(=O)=O)s2)CCO1. The maximum absolute atomic E-state index is 11.3. The molecular formula is C13H23N3O3S2. The van der Waals surface area contributed by atoms with Crippen LogP contribution in [0.2, 0.25) is 0 Å². The van der Waals surface area contributed by atoms with Gasteiger partial charge in [-0.15, -0.1) is 0 Å². The van der Waals surface area contributed by atoms with E-state index in [0.717, 1.165) is 43.6 Å². The molecule has 1 fully saturated rings. The summed E-state index contributed by atoms with van der Waals surface area (Å²) in [5.74, 6) is 0.575. The minimum Gasteiger partial charge on any atom is -0.378 e. The molecule has 6 nitrogen and oxygen atoms in total. The van der Waals surface area contributed by atoms with Gasteiger partial charge in [0.25, 0.3) is 0 Å². The largest absolute Gasteiger partial charge is 0.378 e. The number of ether oxygens (including phenoxy) is 1. The smallest absolute Gasteiger partial charge is 0.249 e. The number of nitrogens with zero attached hydrogens (tertiary/aromatic N) is 1. The van der Waals surface area contributed by atoms with Gasteiger partial charge < -0.3 is 10.1 Å². The summed E-state index contributed by atoms with van der Waals surface area (Å²) in [7, 11) is -3.66. The standard InChI is InChI=1S/C13H23N3O3S2/c1-3-9(4-2)11-7-10(5-6-19-11)16-13-15-8-12(20-13)21(14,17)18/h8-11H,3-7H2,1-2H3,(H,15,16)(H2,14,17,18). The van der Waals surface area contributed by atoms with Crippen molar-refractivity contribution in [3.63, 3.8) is 0 Å². The van der Waals surface area contributed by atoms with Crippen LogP contribution < -0.4 is 10.5 Å². The molecule has 1 aromatic heterocycles. The predicted octanol–water partition coefficient (Wildman–Crippen LogP) is 2.19. The van der Waals surface area contributed by atoms with Crippen LogP contribution in [0.25, 0.3) is 0 Å². The van der Waals surface area contributed by atoms with E-state index in [1.54, 1.807) is 0 Å². The summed E-state index contributed by atoms with van der Waals surface area (Å²) in [5, 5.41) is 9.02. The summed E-state index contributed by atoms with van der Waals surface area (Å²) in [6.07, 6.45) is 5.63. The Hall–Kier alpha value is -0.700. The fourth-order valence-corrected chi connectivity index (χ4v) is 4.26. The van der Waals surface area contributed by atoms with Crippen molar-refractivity contribution < 1.29 is 13.2 Å². The van der Waals surface area contributed by atoms with E-state index in [1.165, 1.54) is 6.20 Å². The second-order valence-electron chi connectivity index (χ2n) is 5.38. The lowest BCUT2D eigenvalue weighted by Gasteiger charge is -2.34. The lowest BCUT2D eigenvalue weighted by atomic mass is 9.89. The molecule has 2 rings (SSSR count). The highest BCUT2D eigenvalue weighted by Crippen LogP contribution is 2.28. The zero-order chi connectivity index (χ0) is 15.5. The number of nitrogens with one attached hydrogen (secondary N) is 1. The molecule has 2 atom stereocenters. The van der Waals surface area contributed by atoms with Gasteiger partial charge in [0.05, 0.1) is 12.3 Å². The second kappa shape index (κ2) is 7.04. The Morgan fingerprint density at radius 2 is 2.24 bits per heavy atom. The van der Waals surface area contributed by atoms with Gasteiger partial charge >= 0.3 is 0 Å². The minimum absolute atomic E-state index is 0.0913. The molecule has 0 spiro atoms. The van der Waals surface area contributed by atoms with E-state index in [0.29, 0.717) is 11.0 Å². The summed E-state index contributed by atoms with van der Waals surface area (Å²) >= 11 is 1.08. The first-order valence-corrected chi connectivity index (χ1v) is 9.67. The van der Waals surface area contributed by atoms with Crippen LogP contribution in [0.3, 0.4) is 0 Å². The Morgan fingerprint density at radius 1 is 1.52 bits per heavy atom. The summed E-state index contributed by atoms with van der Waals surface area (Å²) in [6, 6.07) is 0.267. The van der Waals surface area contributed by atoms with Crippen LogP contribution in [0, 0.1) is 5.92 Å². The molecular weight excluding hydrogens is 310 g/mol. The average molecular weight is 333 g/mol. The van der Waals surface area contributed by atoms with Crippen molar-refractivity contribution in [2.24, 2.45) is 11.1 Å². The molecule has 120 valence electrons. The van der Waals surface area contributed by atoms with Crippen molar-refractivity contribution in [3.8, 4) is 0 Å². The van der Waals surface area contributed by atoms with E-state index in [-0.39, 0.29) is 16.4 Å². The lowest BCUT2D eigenvalue weighted by Crippen LogP contribution is -2.37. The first kappa shape index (κ1) is 16.7. The van der Waals surface area contributed by atoms with Crippen molar-refractivity contribution in [1.82, 2.24) is 4.98 Å². The highest BCUT2D eigenvalue weighted by Gasteiger charge is 2.28. The third-order valence-corrected chi connectivity index (χ3v) is 6.32. The van der Waals surface area contributed by atoms with Gasteiger partial charge in [-0.05, 0) is 18.8 Å². The molecule has 0 aliphatic carbocycles. The number of thiazole rings is 1. The van der Waals surface area contributed by atoms with E-state index >= 15 is 0 Å². The third-order valence-electron chi connectivity index (χ3n) is 3.98. The van der Waals surface area contributed by atoms with Gasteiger partial charge in [-0.3, -0.25) is 0 Å². The summed E-state index contributed by atoms with van der Waals surface area (Å²) in [6.45, 7) is 5.10. The molecule has 0 radical (unpaired) electrons. The van der Waals surface area contributed by atoms with Gasteiger partial charge in [-0.25, -0.2) is 18.5 Å². The van der Waals surface area contributed by atoms with Crippen LogP contribution in [-0.4, -0.2) is 32.2 Å². The van der Waals surface area contributed by atoms with E-state index in [1.807, 2.05) is 0 Å². The highest BCUT2D eigenvalue weighted by atomic mass is 32.2. The second-order valence-corrected chi connectivity index (χ2v) is 8.20. The van der Waals surface area contributed by atoms with Crippen molar-refractivity contribution in [2.75, 3.05) is 11.9 Å². The molecule has 1 aliphatic heterocycles. The molecule has 2 heterocycles. The molecule has 3 N–H and O–H groups in total. The number of hydrogen-bond donors (Lipinski definition) is 2. The fraction of sp³-hybridized carbons (Fsp3) is 0.769. The molecule has 1 aromatic rings. The number of hydrogen-bond acceptors (Lipinski definition) is 6. The molecule has 0 aromatic carbocycles. The number of primary sulfonamides is 1. The summed E-state index contributed by atoms with van der Waals surface area (Å²) < 4.78 is 28.5. The molecule has 21 heavy (non-hydrogen) atoms. The number of anilines is 1. The number of aromatic nitrogens is 1. The van der Waals surface area contributed by atoms with Crippen LogP contribution in [0.4, 0.5) is 5.13 Å². The van der Waals surface area contributed by atoms with Gasteiger partial charge in [0.15, 0.2) is 9.34 Å².